The van der Waals surface area contributed by atoms with E-state index >= 15 is 0 Å². The van der Waals surface area contributed by atoms with Crippen LogP contribution in [0.15, 0.2) is 57.8 Å². The Bertz CT molecular complexity index is 1060. The van der Waals surface area contributed by atoms with Crippen molar-refractivity contribution in [2.75, 3.05) is 5.32 Å². The van der Waals surface area contributed by atoms with Gasteiger partial charge in [0.05, 0.1) is 0 Å². The van der Waals surface area contributed by atoms with Crippen molar-refractivity contribution in [3.8, 4) is 11.4 Å². The van der Waals surface area contributed by atoms with Crippen LogP contribution in [0.5, 0.6) is 0 Å². The van der Waals surface area contributed by atoms with Crippen molar-refractivity contribution in [3.63, 3.8) is 0 Å². The van der Waals surface area contributed by atoms with Crippen LogP contribution in [0.3, 0.4) is 0 Å². The summed E-state index contributed by atoms with van der Waals surface area (Å²) in [6.45, 7) is 1.89. The van der Waals surface area contributed by atoms with Gasteiger partial charge in [-0.15, -0.1) is 0 Å². The summed E-state index contributed by atoms with van der Waals surface area (Å²) in [4.78, 5) is 34.6. The van der Waals surface area contributed by atoms with Gasteiger partial charge in [-0.3, -0.25) is 14.3 Å². The highest BCUT2D eigenvalue weighted by molar-refractivity contribution is 6.04. The van der Waals surface area contributed by atoms with Gasteiger partial charge >= 0.3 is 17.9 Å². The molecule has 0 aliphatic rings. The summed E-state index contributed by atoms with van der Waals surface area (Å²) in [6, 6.07) is 14.3. The zero-order valence-corrected chi connectivity index (χ0v) is 14.8. The number of amides is 1. The molecular formula is C18H14F3N3O5. The van der Waals surface area contributed by atoms with Crippen molar-refractivity contribution >= 4 is 17.6 Å². The predicted molar refractivity (Wildman–Crippen MR) is 95.4 cm³/mol. The number of alkyl halides is 3. The number of carboxylic acids is 1. The van der Waals surface area contributed by atoms with Gasteiger partial charge in [-0.25, -0.2) is 9.59 Å². The number of aliphatic carboxylic acids is 1. The molecule has 0 aliphatic carbocycles. The van der Waals surface area contributed by atoms with Gasteiger partial charge in [0.15, 0.2) is 5.82 Å². The molecular weight excluding hydrogens is 395 g/mol. The van der Waals surface area contributed by atoms with E-state index in [0.717, 1.165) is 5.56 Å². The molecule has 0 fully saturated rings. The van der Waals surface area contributed by atoms with Crippen LogP contribution in [0, 0.1) is 6.92 Å². The van der Waals surface area contributed by atoms with E-state index in [0.29, 0.717) is 22.6 Å². The molecule has 0 atom stereocenters. The summed E-state index contributed by atoms with van der Waals surface area (Å²) < 4.78 is 36.2. The maximum atomic E-state index is 12.2. The highest BCUT2D eigenvalue weighted by Gasteiger charge is 2.38. The van der Waals surface area contributed by atoms with Crippen molar-refractivity contribution in [2.24, 2.45) is 0 Å². The number of nitrogens with zero attached hydrogens (tertiary/aromatic N) is 1. The minimum atomic E-state index is -5.08. The Kier molecular flexibility index (Phi) is 6.55. The summed E-state index contributed by atoms with van der Waals surface area (Å²) in [7, 11) is 0. The summed E-state index contributed by atoms with van der Waals surface area (Å²) in [5, 5.41) is 13.6. The lowest BCUT2D eigenvalue weighted by Gasteiger charge is -2.08. The number of hydrogen-bond acceptors (Lipinski definition) is 5. The number of nitrogens with one attached hydrogen (secondary N) is 2. The first-order chi connectivity index (χ1) is 13.6. The Morgan fingerprint density at radius 3 is 2.28 bits per heavy atom. The maximum absolute atomic E-state index is 12.2. The molecule has 3 rings (SSSR count). The second-order valence-electron chi connectivity index (χ2n) is 5.65. The van der Waals surface area contributed by atoms with Crippen molar-refractivity contribution in [1.82, 2.24) is 10.1 Å². The minimum Gasteiger partial charge on any atom is -0.475 e. The van der Waals surface area contributed by atoms with Gasteiger partial charge in [0.2, 0.25) is 0 Å². The Morgan fingerprint density at radius 1 is 1.14 bits per heavy atom. The third kappa shape index (κ3) is 6.34. The Labute approximate surface area is 161 Å². The number of aromatic nitrogens is 2. The van der Waals surface area contributed by atoms with E-state index in [1.165, 1.54) is 0 Å². The van der Waals surface area contributed by atoms with Crippen LogP contribution in [0.1, 0.15) is 15.9 Å². The third-order valence-corrected chi connectivity index (χ3v) is 3.33. The number of H-pyrrole nitrogens is 1. The first kappa shape index (κ1) is 21.4. The lowest BCUT2D eigenvalue weighted by molar-refractivity contribution is -0.192. The van der Waals surface area contributed by atoms with Gasteiger partial charge in [0, 0.05) is 16.8 Å². The summed E-state index contributed by atoms with van der Waals surface area (Å²) in [5.41, 5.74) is 2.77. The van der Waals surface area contributed by atoms with Crippen molar-refractivity contribution in [2.45, 2.75) is 13.1 Å². The van der Waals surface area contributed by atoms with Gasteiger partial charge in [0.25, 0.3) is 5.91 Å². The standard InChI is InChI=1S/C16H13N3O3.C2HF3O2/c1-10-7-12(14-18-16(21)22-19-14)9-13(8-10)17-15(20)11-5-3-2-4-6-11;3-2(4,5)1(6)7/h2-9H,1H3,(H,17,20)(H,18,19,21);(H,6,7). The molecule has 0 radical (unpaired) electrons. The largest absolute Gasteiger partial charge is 0.490 e. The molecule has 0 spiro atoms. The molecule has 3 aromatic rings. The normalized spacial score (nSPS) is 10.6. The Morgan fingerprint density at radius 2 is 1.76 bits per heavy atom. The highest BCUT2D eigenvalue weighted by atomic mass is 19.4. The van der Waals surface area contributed by atoms with Crippen LogP contribution < -0.4 is 11.1 Å². The van der Waals surface area contributed by atoms with E-state index in [-0.39, 0.29) is 5.91 Å². The topological polar surface area (TPSA) is 125 Å². The zero-order chi connectivity index (χ0) is 21.6. The van der Waals surface area contributed by atoms with Crippen molar-refractivity contribution < 1.29 is 32.4 Å². The Balaban J connectivity index is 0.000000370. The van der Waals surface area contributed by atoms with Crippen LogP contribution >= 0.6 is 0 Å². The van der Waals surface area contributed by atoms with E-state index in [1.54, 1.807) is 30.3 Å². The van der Waals surface area contributed by atoms with Crippen LogP contribution in [-0.2, 0) is 4.79 Å². The van der Waals surface area contributed by atoms with E-state index in [2.05, 4.69) is 20.0 Å². The van der Waals surface area contributed by atoms with Gasteiger partial charge in [0.1, 0.15) is 0 Å². The first-order valence-corrected chi connectivity index (χ1v) is 7.91. The van der Waals surface area contributed by atoms with Crippen LogP contribution in [0.4, 0.5) is 18.9 Å². The fourth-order valence-corrected chi connectivity index (χ4v) is 2.14. The molecule has 152 valence electrons. The molecule has 0 aliphatic heterocycles. The molecule has 1 heterocycles. The number of carboxylic acid groups (broad SMARTS) is 1. The molecule has 0 saturated heterocycles. The van der Waals surface area contributed by atoms with E-state index in [4.69, 9.17) is 9.90 Å². The summed E-state index contributed by atoms with van der Waals surface area (Å²) in [6.07, 6.45) is -5.08. The molecule has 2 aromatic carbocycles. The predicted octanol–water partition coefficient (Wildman–Crippen LogP) is 3.22. The number of hydrogen-bond donors (Lipinski definition) is 3. The minimum absolute atomic E-state index is 0.203. The number of halogens is 3. The molecule has 1 aromatic heterocycles. The van der Waals surface area contributed by atoms with E-state index in [1.807, 2.05) is 25.1 Å². The molecule has 1 amide bonds. The van der Waals surface area contributed by atoms with Crippen molar-refractivity contribution in [3.05, 3.63) is 70.2 Å². The molecule has 0 bridgehead atoms. The quantitative estimate of drug-likeness (QED) is 0.610. The smallest absolute Gasteiger partial charge is 0.475 e. The highest BCUT2D eigenvalue weighted by Crippen LogP contribution is 2.22. The van der Waals surface area contributed by atoms with Gasteiger partial charge in [-0.05, 0) is 42.8 Å². The first-order valence-electron chi connectivity index (χ1n) is 7.91. The third-order valence-electron chi connectivity index (χ3n) is 3.33. The van der Waals surface area contributed by atoms with Gasteiger partial charge in [-0.1, -0.05) is 23.4 Å². The number of aryl methyl sites for hydroxylation is 1. The molecule has 29 heavy (non-hydrogen) atoms. The lowest BCUT2D eigenvalue weighted by atomic mass is 10.1. The molecule has 0 saturated carbocycles. The van der Waals surface area contributed by atoms with Crippen LogP contribution in [0.25, 0.3) is 11.4 Å². The number of rotatable bonds is 3. The number of carbonyl (C=O) groups excluding carboxylic acids is 1. The Hall–Kier alpha value is -3.89. The second kappa shape index (κ2) is 8.87. The van der Waals surface area contributed by atoms with Gasteiger partial charge in [-0.2, -0.15) is 13.2 Å². The van der Waals surface area contributed by atoms with Crippen LogP contribution in [0.2, 0.25) is 0 Å². The fourth-order valence-electron chi connectivity index (χ4n) is 2.14. The molecule has 0 unspecified atom stereocenters. The van der Waals surface area contributed by atoms with Crippen molar-refractivity contribution in [1.29, 1.82) is 0 Å². The van der Waals surface area contributed by atoms with E-state index in [9.17, 15) is 22.8 Å². The lowest BCUT2D eigenvalue weighted by Crippen LogP contribution is -2.21. The molecule has 11 heteroatoms. The fraction of sp³-hybridized carbons (Fsp3) is 0.111. The SMILES string of the molecule is Cc1cc(NC(=O)c2ccccc2)cc(-c2noc(=O)[nH]2)c1.O=C(O)C(F)(F)F. The van der Waals surface area contributed by atoms with E-state index < -0.39 is 17.9 Å². The van der Waals surface area contributed by atoms with Gasteiger partial charge < -0.3 is 10.4 Å². The monoisotopic (exact) mass is 409 g/mol. The number of aromatic amines is 1. The summed E-state index contributed by atoms with van der Waals surface area (Å²) in [5.74, 6) is -3.26. The number of benzene rings is 2. The molecule has 3 N–H and O–H groups in total. The van der Waals surface area contributed by atoms with Crippen LogP contribution in [-0.4, -0.2) is 33.3 Å². The summed E-state index contributed by atoms with van der Waals surface area (Å²) >= 11 is 0. The second-order valence-corrected chi connectivity index (χ2v) is 5.65. The number of carbonyl (C=O) groups is 2. The zero-order valence-electron chi connectivity index (χ0n) is 14.8. The average molecular weight is 409 g/mol. The number of anilines is 1. The average Bonchev–Trinajstić information content (AvgIpc) is 3.08. The molecule has 8 nitrogen and oxygen atoms in total. The maximum Gasteiger partial charge on any atom is 0.490 e.